The Morgan fingerprint density at radius 1 is 1.47 bits per heavy atom. The van der Waals surface area contributed by atoms with Gasteiger partial charge >= 0.3 is 5.97 Å². The lowest BCUT2D eigenvalue weighted by atomic mass is 9.85. The summed E-state index contributed by atoms with van der Waals surface area (Å²) in [7, 11) is 0. The van der Waals surface area contributed by atoms with Crippen LogP contribution in [0.4, 0.5) is 0 Å². The molecule has 0 aromatic rings. The lowest BCUT2D eigenvalue weighted by Gasteiger charge is -2.32. The molecule has 3 unspecified atom stereocenters. The molecule has 0 spiro atoms. The number of carboxylic acids is 1. The maximum Gasteiger partial charge on any atom is 0.320 e. The van der Waals surface area contributed by atoms with Crippen LogP contribution in [-0.2, 0) is 4.79 Å². The van der Waals surface area contributed by atoms with Gasteiger partial charge in [-0.3, -0.25) is 4.79 Å². The summed E-state index contributed by atoms with van der Waals surface area (Å²) in [5.74, 6) is -0.0768. The largest absolute Gasteiger partial charge is 0.480 e. The lowest BCUT2D eigenvalue weighted by Crippen LogP contribution is -2.47. The van der Waals surface area contributed by atoms with E-state index in [-0.39, 0.29) is 6.04 Å². The molecule has 0 aliphatic heterocycles. The standard InChI is InChI=1S/C12H23NO2/c1-3-6-11(12(14)15)13-10-8-5-4-7-9(10)2/h9-11,13H,3-8H2,1-2H3,(H,14,15). The number of rotatable bonds is 5. The molecule has 0 amide bonds. The van der Waals surface area contributed by atoms with Crippen LogP contribution in [0.3, 0.4) is 0 Å². The van der Waals surface area contributed by atoms with Crippen molar-refractivity contribution in [3.05, 3.63) is 0 Å². The Labute approximate surface area is 92.3 Å². The summed E-state index contributed by atoms with van der Waals surface area (Å²) < 4.78 is 0. The van der Waals surface area contributed by atoms with Gasteiger partial charge in [0.2, 0.25) is 0 Å². The Kier molecular flexibility index (Phi) is 5.09. The minimum absolute atomic E-state index is 0.347. The Bertz CT molecular complexity index is 206. The van der Waals surface area contributed by atoms with Crippen LogP contribution < -0.4 is 5.32 Å². The maximum absolute atomic E-state index is 11.0. The van der Waals surface area contributed by atoms with E-state index in [0.29, 0.717) is 12.0 Å². The van der Waals surface area contributed by atoms with Crippen molar-refractivity contribution in [2.75, 3.05) is 0 Å². The van der Waals surface area contributed by atoms with Gasteiger partial charge in [0, 0.05) is 6.04 Å². The first-order valence-electron chi connectivity index (χ1n) is 6.14. The minimum Gasteiger partial charge on any atom is -0.480 e. The summed E-state index contributed by atoms with van der Waals surface area (Å²) in [6, 6.07) is 0.0620. The first-order chi connectivity index (χ1) is 7.15. The van der Waals surface area contributed by atoms with Gasteiger partial charge in [0.05, 0.1) is 0 Å². The highest BCUT2D eigenvalue weighted by Crippen LogP contribution is 2.24. The van der Waals surface area contributed by atoms with Gasteiger partial charge in [-0.1, -0.05) is 33.1 Å². The third-order valence-corrected chi connectivity index (χ3v) is 3.40. The van der Waals surface area contributed by atoms with E-state index in [1.54, 1.807) is 0 Å². The number of nitrogens with one attached hydrogen (secondary N) is 1. The van der Waals surface area contributed by atoms with E-state index in [2.05, 4.69) is 12.2 Å². The molecule has 88 valence electrons. The second-order valence-corrected chi connectivity index (χ2v) is 4.71. The lowest BCUT2D eigenvalue weighted by molar-refractivity contribution is -0.140. The van der Waals surface area contributed by atoms with E-state index in [9.17, 15) is 4.79 Å². The highest BCUT2D eigenvalue weighted by atomic mass is 16.4. The third-order valence-electron chi connectivity index (χ3n) is 3.40. The summed E-state index contributed by atoms with van der Waals surface area (Å²) in [5, 5.41) is 12.4. The van der Waals surface area contributed by atoms with Crippen molar-refractivity contribution < 1.29 is 9.90 Å². The number of hydrogen-bond acceptors (Lipinski definition) is 2. The number of carbonyl (C=O) groups is 1. The van der Waals surface area contributed by atoms with Crippen molar-refractivity contribution in [2.24, 2.45) is 5.92 Å². The molecule has 3 nitrogen and oxygen atoms in total. The van der Waals surface area contributed by atoms with Gasteiger partial charge < -0.3 is 10.4 Å². The minimum atomic E-state index is -0.699. The molecule has 0 bridgehead atoms. The van der Waals surface area contributed by atoms with Crippen LogP contribution in [0.25, 0.3) is 0 Å². The smallest absolute Gasteiger partial charge is 0.320 e. The van der Waals surface area contributed by atoms with Crippen molar-refractivity contribution in [3.63, 3.8) is 0 Å². The normalized spacial score (nSPS) is 28.7. The Morgan fingerprint density at radius 3 is 2.67 bits per heavy atom. The fraction of sp³-hybridized carbons (Fsp3) is 0.917. The molecule has 0 heterocycles. The average Bonchev–Trinajstić information content (AvgIpc) is 2.20. The topological polar surface area (TPSA) is 49.3 Å². The number of aliphatic carboxylic acids is 1. The molecule has 1 aliphatic rings. The number of carboxylic acid groups (broad SMARTS) is 1. The third kappa shape index (κ3) is 3.82. The van der Waals surface area contributed by atoms with Gasteiger partial charge in [0.25, 0.3) is 0 Å². The molecule has 0 aromatic carbocycles. The zero-order valence-corrected chi connectivity index (χ0v) is 9.83. The first-order valence-corrected chi connectivity index (χ1v) is 6.14. The van der Waals surface area contributed by atoms with Crippen LogP contribution >= 0.6 is 0 Å². The SMILES string of the molecule is CCCC(NC1CCCCC1C)C(=O)O. The van der Waals surface area contributed by atoms with Crippen LogP contribution in [0.5, 0.6) is 0 Å². The summed E-state index contributed by atoms with van der Waals surface area (Å²) in [6.07, 6.45) is 6.56. The fourth-order valence-electron chi connectivity index (χ4n) is 2.39. The summed E-state index contributed by atoms with van der Waals surface area (Å²) in [5.41, 5.74) is 0. The van der Waals surface area contributed by atoms with Gasteiger partial charge in [0.15, 0.2) is 0 Å². The summed E-state index contributed by atoms with van der Waals surface area (Å²) in [4.78, 5) is 11.0. The van der Waals surface area contributed by atoms with Crippen molar-refractivity contribution in [2.45, 2.75) is 64.5 Å². The van der Waals surface area contributed by atoms with Crippen LogP contribution in [0, 0.1) is 5.92 Å². The van der Waals surface area contributed by atoms with Crippen LogP contribution in [0.1, 0.15) is 52.4 Å². The van der Waals surface area contributed by atoms with Crippen molar-refractivity contribution >= 4 is 5.97 Å². The monoisotopic (exact) mass is 213 g/mol. The molecule has 1 saturated carbocycles. The Hall–Kier alpha value is -0.570. The van der Waals surface area contributed by atoms with Crippen LogP contribution in [0.15, 0.2) is 0 Å². The molecular weight excluding hydrogens is 190 g/mol. The molecule has 2 N–H and O–H groups in total. The predicted molar refractivity (Wildman–Crippen MR) is 60.9 cm³/mol. The molecule has 3 heteroatoms. The fourth-order valence-corrected chi connectivity index (χ4v) is 2.39. The van der Waals surface area contributed by atoms with E-state index in [1.165, 1.54) is 19.3 Å². The molecule has 3 atom stereocenters. The van der Waals surface area contributed by atoms with Gasteiger partial charge in [-0.15, -0.1) is 0 Å². The van der Waals surface area contributed by atoms with Crippen molar-refractivity contribution in [1.82, 2.24) is 5.32 Å². The van der Waals surface area contributed by atoms with Gasteiger partial charge in [-0.25, -0.2) is 0 Å². The van der Waals surface area contributed by atoms with E-state index in [1.807, 2.05) is 6.92 Å². The van der Waals surface area contributed by atoms with Crippen molar-refractivity contribution in [3.8, 4) is 0 Å². The van der Waals surface area contributed by atoms with Gasteiger partial charge in [-0.05, 0) is 25.2 Å². The van der Waals surface area contributed by atoms with Gasteiger partial charge in [-0.2, -0.15) is 0 Å². The molecule has 0 saturated heterocycles. The molecule has 1 rings (SSSR count). The second-order valence-electron chi connectivity index (χ2n) is 4.71. The molecule has 1 aliphatic carbocycles. The molecular formula is C12H23NO2. The second kappa shape index (κ2) is 6.11. The summed E-state index contributed by atoms with van der Waals surface area (Å²) >= 11 is 0. The highest BCUT2D eigenvalue weighted by molar-refractivity contribution is 5.73. The van der Waals surface area contributed by atoms with Gasteiger partial charge in [0.1, 0.15) is 6.04 Å². The van der Waals surface area contributed by atoms with E-state index in [4.69, 9.17) is 5.11 Å². The average molecular weight is 213 g/mol. The molecule has 0 aromatic heterocycles. The van der Waals surface area contributed by atoms with Crippen LogP contribution in [-0.4, -0.2) is 23.2 Å². The van der Waals surface area contributed by atoms with Crippen molar-refractivity contribution in [1.29, 1.82) is 0 Å². The predicted octanol–water partition coefficient (Wildman–Crippen LogP) is 2.41. The zero-order valence-electron chi connectivity index (χ0n) is 9.83. The van der Waals surface area contributed by atoms with E-state index in [0.717, 1.165) is 19.3 Å². The summed E-state index contributed by atoms with van der Waals surface area (Å²) in [6.45, 7) is 4.25. The van der Waals surface area contributed by atoms with Crippen LogP contribution in [0.2, 0.25) is 0 Å². The Balaban J connectivity index is 2.44. The van der Waals surface area contributed by atoms with E-state index < -0.39 is 5.97 Å². The molecule has 1 fully saturated rings. The first kappa shape index (κ1) is 12.5. The highest BCUT2D eigenvalue weighted by Gasteiger charge is 2.26. The maximum atomic E-state index is 11.0. The molecule has 15 heavy (non-hydrogen) atoms. The quantitative estimate of drug-likeness (QED) is 0.737. The Morgan fingerprint density at radius 2 is 2.13 bits per heavy atom. The zero-order chi connectivity index (χ0) is 11.3. The number of hydrogen-bond donors (Lipinski definition) is 2. The molecule has 0 radical (unpaired) electrons. The van der Waals surface area contributed by atoms with E-state index >= 15 is 0 Å².